The standard InChI is InChI=1S/C12H17ClN2S/c1-16-12-4-2-3-11(12)15-7-9-5-6-14-8-10(9)13/h5-6,8,11-12,15H,2-4,7H2,1H3. The number of thioether (sulfide) groups is 1. The minimum absolute atomic E-state index is 0.638. The number of halogens is 1. The van der Waals surface area contributed by atoms with Crippen molar-refractivity contribution in [3.8, 4) is 0 Å². The molecule has 88 valence electrons. The number of aromatic nitrogens is 1. The van der Waals surface area contributed by atoms with E-state index in [-0.39, 0.29) is 0 Å². The summed E-state index contributed by atoms with van der Waals surface area (Å²) in [7, 11) is 0. The Hall–Kier alpha value is -0.250. The fourth-order valence-corrected chi connectivity index (χ4v) is 3.38. The maximum absolute atomic E-state index is 6.07. The van der Waals surface area contributed by atoms with E-state index in [4.69, 9.17) is 11.6 Å². The zero-order chi connectivity index (χ0) is 11.4. The van der Waals surface area contributed by atoms with Gasteiger partial charge in [-0.2, -0.15) is 11.8 Å². The van der Waals surface area contributed by atoms with Gasteiger partial charge >= 0.3 is 0 Å². The first-order valence-electron chi connectivity index (χ1n) is 5.66. The molecule has 0 bridgehead atoms. The van der Waals surface area contributed by atoms with Gasteiger partial charge in [0.15, 0.2) is 0 Å². The second-order valence-corrected chi connectivity index (χ2v) is 5.64. The van der Waals surface area contributed by atoms with E-state index in [9.17, 15) is 0 Å². The molecule has 0 amide bonds. The van der Waals surface area contributed by atoms with Crippen molar-refractivity contribution in [2.24, 2.45) is 0 Å². The van der Waals surface area contributed by atoms with E-state index in [1.54, 1.807) is 12.4 Å². The highest BCUT2D eigenvalue weighted by Gasteiger charge is 2.25. The quantitative estimate of drug-likeness (QED) is 0.896. The lowest BCUT2D eigenvalue weighted by molar-refractivity contribution is 0.532. The van der Waals surface area contributed by atoms with Crippen molar-refractivity contribution in [1.29, 1.82) is 0 Å². The normalized spacial score (nSPS) is 24.9. The van der Waals surface area contributed by atoms with E-state index in [1.165, 1.54) is 19.3 Å². The molecule has 4 heteroatoms. The van der Waals surface area contributed by atoms with Crippen LogP contribution in [-0.4, -0.2) is 22.5 Å². The lowest BCUT2D eigenvalue weighted by Gasteiger charge is -2.19. The monoisotopic (exact) mass is 256 g/mol. The summed E-state index contributed by atoms with van der Waals surface area (Å²) in [5.41, 5.74) is 1.14. The van der Waals surface area contributed by atoms with Crippen LogP contribution >= 0.6 is 23.4 Å². The molecule has 2 atom stereocenters. The third-order valence-electron chi connectivity index (χ3n) is 3.17. The predicted octanol–water partition coefficient (Wildman–Crippen LogP) is 3.11. The fraction of sp³-hybridized carbons (Fsp3) is 0.583. The number of nitrogens with one attached hydrogen (secondary N) is 1. The molecular weight excluding hydrogens is 240 g/mol. The van der Waals surface area contributed by atoms with Gasteiger partial charge in [0.25, 0.3) is 0 Å². The lowest BCUT2D eigenvalue weighted by Crippen LogP contribution is -2.33. The first kappa shape index (κ1) is 12.2. The van der Waals surface area contributed by atoms with Crippen LogP contribution in [0.2, 0.25) is 5.02 Å². The summed E-state index contributed by atoms with van der Waals surface area (Å²) in [6, 6.07) is 2.62. The van der Waals surface area contributed by atoms with Gasteiger partial charge in [-0.05, 0) is 30.7 Å². The highest BCUT2D eigenvalue weighted by Crippen LogP contribution is 2.28. The number of rotatable bonds is 4. The van der Waals surface area contributed by atoms with Gasteiger partial charge in [-0.15, -0.1) is 0 Å². The van der Waals surface area contributed by atoms with Crippen LogP contribution in [0.4, 0.5) is 0 Å². The molecule has 0 aliphatic heterocycles. The predicted molar refractivity (Wildman–Crippen MR) is 71.0 cm³/mol. The molecule has 0 saturated heterocycles. The Morgan fingerprint density at radius 2 is 2.44 bits per heavy atom. The van der Waals surface area contributed by atoms with Crippen molar-refractivity contribution in [2.75, 3.05) is 6.26 Å². The smallest absolute Gasteiger partial charge is 0.0634 e. The fourth-order valence-electron chi connectivity index (χ4n) is 2.23. The van der Waals surface area contributed by atoms with E-state index >= 15 is 0 Å². The molecule has 0 spiro atoms. The largest absolute Gasteiger partial charge is 0.309 e. The number of nitrogens with zero attached hydrogens (tertiary/aromatic N) is 1. The minimum Gasteiger partial charge on any atom is -0.309 e. The molecule has 1 saturated carbocycles. The summed E-state index contributed by atoms with van der Waals surface area (Å²) < 4.78 is 0. The zero-order valence-corrected chi connectivity index (χ0v) is 11.0. The Balaban J connectivity index is 1.90. The number of hydrogen-bond acceptors (Lipinski definition) is 3. The lowest BCUT2D eigenvalue weighted by atomic mass is 10.2. The molecule has 2 nitrogen and oxygen atoms in total. The van der Waals surface area contributed by atoms with Gasteiger partial charge in [-0.3, -0.25) is 4.98 Å². The average Bonchev–Trinajstić information content (AvgIpc) is 2.75. The van der Waals surface area contributed by atoms with E-state index in [0.29, 0.717) is 6.04 Å². The van der Waals surface area contributed by atoms with Crippen LogP contribution in [0, 0.1) is 0 Å². The van der Waals surface area contributed by atoms with Crippen molar-refractivity contribution in [1.82, 2.24) is 10.3 Å². The van der Waals surface area contributed by atoms with Gasteiger partial charge in [0.05, 0.1) is 5.02 Å². The third kappa shape index (κ3) is 2.90. The molecule has 1 aliphatic carbocycles. The molecule has 1 aromatic heterocycles. The van der Waals surface area contributed by atoms with E-state index in [1.807, 2.05) is 17.8 Å². The summed E-state index contributed by atoms with van der Waals surface area (Å²) in [6.45, 7) is 0.850. The van der Waals surface area contributed by atoms with Gasteiger partial charge in [-0.25, -0.2) is 0 Å². The summed E-state index contributed by atoms with van der Waals surface area (Å²) in [6.07, 6.45) is 9.66. The van der Waals surface area contributed by atoms with Gasteiger partial charge in [0.2, 0.25) is 0 Å². The summed E-state index contributed by atoms with van der Waals surface area (Å²) in [5, 5.41) is 5.13. The average molecular weight is 257 g/mol. The van der Waals surface area contributed by atoms with Gasteiger partial charge in [0, 0.05) is 30.2 Å². The molecule has 2 rings (SSSR count). The highest BCUT2D eigenvalue weighted by molar-refractivity contribution is 7.99. The van der Waals surface area contributed by atoms with Gasteiger partial charge in [-0.1, -0.05) is 18.0 Å². The van der Waals surface area contributed by atoms with Crippen LogP contribution < -0.4 is 5.32 Å². The number of pyridine rings is 1. The van der Waals surface area contributed by atoms with Crippen LogP contribution in [0.1, 0.15) is 24.8 Å². The Bertz CT molecular complexity index is 346. The highest BCUT2D eigenvalue weighted by atomic mass is 35.5. The molecule has 1 aliphatic rings. The van der Waals surface area contributed by atoms with Crippen molar-refractivity contribution in [2.45, 2.75) is 37.1 Å². The molecule has 0 aromatic carbocycles. The summed E-state index contributed by atoms with van der Waals surface area (Å²) in [5.74, 6) is 0. The molecule has 16 heavy (non-hydrogen) atoms. The van der Waals surface area contributed by atoms with E-state index in [2.05, 4.69) is 16.6 Å². The first-order valence-corrected chi connectivity index (χ1v) is 7.32. The molecule has 2 unspecified atom stereocenters. The van der Waals surface area contributed by atoms with Crippen LogP contribution in [0.5, 0.6) is 0 Å². The third-order valence-corrected chi connectivity index (χ3v) is 4.68. The zero-order valence-electron chi connectivity index (χ0n) is 9.45. The van der Waals surface area contributed by atoms with Crippen LogP contribution in [0.25, 0.3) is 0 Å². The number of hydrogen-bond donors (Lipinski definition) is 1. The maximum Gasteiger partial charge on any atom is 0.0634 e. The van der Waals surface area contributed by atoms with Crippen molar-refractivity contribution in [3.05, 3.63) is 29.0 Å². The Kier molecular flexibility index (Phi) is 4.50. The molecule has 1 aromatic rings. The van der Waals surface area contributed by atoms with Gasteiger partial charge < -0.3 is 5.32 Å². The SMILES string of the molecule is CSC1CCCC1NCc1ccncc1Cl. The topological polar surface area (TPSA) is 24.9 Å². The minimum atomic E-state index is 0.638. The maximum atomic E-state index is 6.07. The Labute approximate surface area is 106 Å². The van der Waals surface area contributed by atoms with E-state index in [0.717, 1.165) is 22.4 Å². The second-order valence-electron chi connectivity index (χ2n) is 4.16. The second kappa shape index (κ2) is 5.89. The van der Waals surface area contributed by atoms with Gasteiger partial charge in [0.1, 0.15) is 0 Å². The molecule has 0 radical (unpaired) electrons. The van der Waals surface area contributed by atoms with E-state index < -0.39 is 0 Å². The van der Waals surface area contributed by atoms with Crippen molar-refractivity contribution >= 4 is 23.4 Å². The molecular formula is C12H17ClN2S. The van der Waals surface area contributed by atoms with Crippen LogP contribution in [0.3, 0.4) is 0 Å². The molecule has 1 fully saturated rings. The van der Waals surface area contributed by atoms with Crippen LogP contribution in [0.15, 0.2) is 18.5 Å². The van der Waals surface area contributed by atoms with Crippen molar-refractivity contribution < 1.29 is 0 Å². The molecule has 1 heterocycles. The van der Waals surface area contributed by atoms with Crippen LogP contribution in [-0.2, 0) is 6.54 Å². The van der Waals surface area contributed by atoms with Crippen molar-refractivity contribution in [3.63, 3.8) is 0 Å². The Morgan fingerprint density at radius 3 is 3.19 bits per heavy atom. The Morgan fingerprint density at radius 1 is 1.56 bits per heavy atom. The summed E-state index contributed by atoms with van der Waals surface area (Å²) >= 11 is 8.04. The first-order chi connectivity index (χ1) is 7.81. The molecule has 1 N–H and O–H groups in total. The summed E-state index contributed by atoms with van der Waals surface area (Å²) in [4.78, 5) is 3.99.